The van der Waals surface area contributed by atoms with Gasteiger partial charge in [-0.2, -0.15) is 0 Å². The monoisotopic (exact) mass is 328 g/mol. The summed E-state index contributed by atoms with van der Waals surface area (Å²) in [6.45, 7) is 6.88. The van der Waals surface area contributed by atoms with Crippen molar-refractivity contribution in [3.8, 4) is 0 Å². The maximum atomic E-state index is 6.35. The van der Waals surface area contributed by atoms with Gasteiger partial charge >= 0.3 is 0 Å². The minimum Gasteiger partial charge on any atom is -0.313 e. The lowest BCUT2D eigenvalue weighted by atomic mass is 10.0. The average Bonchev–Trinajstić information content (AvgIpc) is 3.26. The lowest BCUT2D eigenvalue weighted by Crippen LogP contribution is -2.35. The number of halogens is 2. The lowest BCUT2D eigenvalue weighted by Gasteiger charge is -2.29. The Labute approximate surface area is 138 Å². The molecular weight excluding hydrogens is 303 g/mol. The van der Waals surface area contributed by atoms with E-state index in [0.29, 0.717) is 16.1 Å². The predicted molar refractivity (Wildman–Crippen MR) is 92.3 cm³/mol. The molecule has 0 spiro atoms. The number of rotatable bonds is 8. The Bertz CT molecular complexity index is 458. The van der Waals surface area contributed by atoms with Crippen molar-refractivity contribution in [2.75, 3.05) is 20.1 Å². The molecule has 0 aliphatic heterocycles. The van der Waals surface area contributed by atoms with Crippen LogP contribution in [-0.2, 0) is 0 Å². The first-order valence-corrected chi connectivity index (χ1v) is 8.63. The minimum atomic E-state index is 0.247. The van der Waals surface area contributed by atoms with Crippen molar-refractivity contribution in [1.82, 2.24) is 10.2 Å². The molecule has 0 aromatic heterocycles. The van der Waals surface area contributed by atoms with Crippen molar-refractivity contribution < 1.29 is 0 Å². The van der Waals surface area contributed by atoms with Gasteiger partial charge in [0.1, 0.15) is 0 Å². The highest BCUT2D eigenvalue weighted by molar-refractivity contribution is 6.42. The van der Waals surface area contributed by atoms with Gasteiger partial charge in [0.2, 0.25) is 0 Å². The SMILES string of the molecule is CNC(CCN(CC1CC1)C(C)C)c1cccc(Cl)c1Cl. The Hall–Kier alpha value is -0.280. The van der Waals surface area contributed by atoms with Crippen LogP contribution in [0.3, 0.4) is 0 Å². The van der Waals surface area contributed by atoms with Crippen LogP contribution in [0.25, 0.3) is 0 Å². The lowest BCUT2D eigenvalue weighted by molar-refractivity contribution is 0.202. The highest BCUT2D eigenvalue weighted by Gasteiger charge is 2.26. The van der Waals surface area contributed by atoms with E-state index >= 15 is 0 Å². The standard InChI is InChI=1S/C17H26Cl2N2/c1-12(2)21(11-13-7-8-13)10-9-16(20-3)14-5-4-6-15(18)17(14)19/h4-6,12-13,16,20H,7-11H2,1-3H3. The Morgan fingerprint density at radius 2 is 2.00 bits per heavy atom. The Balaban J connectivity index is 1.99. The largest absolute Gasteiger partial charge is 0.313 e. The number of benzene rings is 1. The van der Waals surface area contributed by atoms with Crippen molar-refractivity contribution in [3.05, 3.63) is 33.8 Å². The van der Waals surface area contributed by atoms with Gasteiger partial charge in [-0.15, -0.1) is 0 Å². The van der Waals surface area contributed by atoms with Gasteiger partial charge in [0.25, 0.3) is 0 Å². The fourth-order valence-electron chi connectivity index (χ4n) is 2.73. The highest BCUT2D eigenvalue weighted by Crippen LogP contribution is 2.33. The van der Waals surface area contributed by atoms with Crippen LogP contribution < -0.4 is 5.32 Å². The molecule has 1 aromatic carbocycles. The topological polar surface area (TPSA) is 15.3 Å². The van der Waals surface area contributed by atoms with Crippen LogP contribution in [0, 0.1) is 5.92 Å². The molecule has 1 aliphatic rings. The molecule has 1 aliphatic carbocycles. The molecule has 2 nitrogen and oxygen atoms in total. The molecule has 1 unspecified atom stereocenters. The molecule has 1 aromatic rings. The van der Waals surface area contributed by atoms with Gasteiger partial charge in [0, 0.05) is 25.2 Å². The fourth-order valence-corrected chi connectivity index (χ4v) is 3.17. The first-order valence-electron chi connectivity index (χ1n) is 7.88. The van der Waals surface area contributed by atoms with Crippen molar-refractivity contribution in [2.24, 2.45) is 5.92 Å². The van der Waals surface area contributed by atoms with Crippen LogP contribution in [0.4, 0.5) is 0 Å². The van der Waals surface area contributed by atoms with Crippen LogP contribution in [0.15, 0.2) is 18.2 Å². The van der Waals surface area contributed by atoms with E-state index in [1.54, 1.807) is 0 Å². The van der Waals surface area contributed by atoms with Crippen molar-refractivity contribution in [2.45, 2.75) is 45.2 Å². The van der Waals surface area contributed by atoms with Crippen LogP contribution in [0.1, 0.15) is 44.7 Å². The summed E-state index contributed by atoms with van der Waals surface area (Å²) < 4.78 is 0. The molecule has 0 heterocycles. The van der Waals surface area contributed by atoms with Gasteiger partial charge < -0.3 is 10.2 Å². The summed E-state index contributed by atoms with van der Waals surface area (Å²) in [5.74, 6) is 0.926. The zero-order chi connectivity index (χ0) is 15.4. The van der Waals surface area contributed by atoms with Crippen molar-refractivity contribution in [1.29, 1.82) is 0 Å². The van der Waals surface area contributed by atoms with Gasteiger partial charge in [-0.25, -0.2) is 0 Å². The smallest absolute Gasteiger partial charge is 0.0640 e. The molecule has 118 valence electrons. The van der Waals surface area contributed by atoms with Crippen LogP contribution in [0.2, 0.25) is 10.0 Å². The number of nitrogens with zero attached hydrogens (tertiary/aromatic N) is 1. The van der Waals surface area contributed by atoms with Gasteiger partial charge in [0.15, 0.2) is 0 Å². The molecule has 0 radical (unpaired) electrons. The molecule has 4 heteroatoms. The molecule has 1 atom stereocenters. The third-order valence-electron chi connectivity index (χ3n) is 4.33. The highest BCUT2D eigenvalue weighted by atomic mass is 35.5. The maximum absolute atomic E-state index is 6.35. The molecule has 21 heavy (non-hydrogen) atoms. The quantitative estimate of drug-likeness (QED) is 0.739. The third kappa shape index (κ3) is 4.85. The summed E-state index contributed by atoms with van der Waals surface area (Å²) in [6.07, 6.45) is 3.85. The summed E-state index contributed by atoms with van der Waals surface area (Å²) in [6, 6.07) is 6.72. The second-order valence-electron chi connectivity index (χ2n) is 6.31. The van der Waals surface area contributed by atoms with Crippen LogP contribution >= 0.6 is 23.2 Å². The van der Waals surface area contributed by atoms with E-state index in [-0.39, 0.29) is 6.04 Å². The number of nitrogens with one attached hydrogen (secondary N) is 1. The summed E-state index contributed by atoms with van der Waals surface area (Å²) in [5, 5.41) is 4.69. The van der Waals surface area contributed by atoms with Gasteiger partial charge in [0.05, 0.1) is 10.0 Å². The Morgan fingerprint density at radius 1 is 1.29 bits per heavy atom. The molecule has 0 amide bonds. The van der Waals surface area contributed by atoms with E-state index in [1.165, 1.54) is 19.4 Å². The summed E-state index contributed by atoms with van der Waals surface area (Å²) in [4.78, 5) is 2.58. The zero-order valence-electron chi connectivity index (χ0n) is 13.2. The first-order chi connectivity index (χ1) is 10.0. The molecule has 0 bridgehead atoms. The third-order valence-corrected chi connectivity index (χ3v) is 5.16. The molecular formula is C17H26Cl2N2. The van der Waals surface area contributed by atoms with Crippen molar-refractivity contribution >= 4 is 23.2 Å². The van der Waals surface area contributed by atoms with E-state index in [1.807, 2.05) is 19.2 Å². The first kappa shape index (κ1) is 17.1. The van der Waals surface area contributed by atoms with Crippen molar-refractivity contribution in [3.63, 3.8) is 0 Å². The van der Waals surface area contributed by atoms with E-state index in [9.17, 15) is 0 Å². The Kier molecular flexibility index (Phi) is 6.36. The fraction of sp³-hybridized carbons (Fsp3) is 0.647. The molecule has 1 fully saturated rings. The number of hydrogen-bond donors (Lipinski definition) is 1. The van der Waals surface area contributed by atoms with Gasteiger partial charge in [-0.05, 0) is 57.7 Å². The Morgan fingerprint density at radius 3 is 2.57 bits per heavy atom. The van der Waals surface area contributed by atoms with E-state index in [4.69, 9.17) is 23.2 Å². The van der Waals surface area contributed by atoms with E-state index in [2.05, 4.69) is 30.1 Å². The second-order valence-corrected chi connectivity index (χ2v) is 7.09. The molecule has 2 rings (SSSR count). The normalized spacial score (nSPS) is 16.7. The summed E-state index contributed by atoms with van der Waals surface area (Å²) in [5.41, 5.74) is 1.10. The van der Waals surface area contributed by atoms with E-state index in [0.717, 1.165) is 24.4 Å². The minimum absolute atomic E-state index is 0.247. The van der Waals surface area contributed by atoms with Gasteiger partial charge in [-0.1, -0.05) is 35.3 Å². The maximum Gasteiger partial charge on any atom is 0.0640 e. The molecule has 1 N–H and O–H groups in total. The van der Waals surface area contributed by atoms with Gasteiger partial charge in [-0.3, -0.25) is 0 Å². The summed E-state index contributed by atoms with van der Waals surface area (Å²) in [7, 11) is 1.99. The number of hydrogen-bond acceptors (Lipinski definition) is 2. The zero-order valence-corrected chi connectivity index (χ0v) is 14.7. The molecule has 1 saturated carbocycles. The summed E-state index contributed by atoms with van der Waals surface area (Å²) >= 11 is 12.5. The predicted octanol–water partition coefficient (Wildman–Crippen LogP) is 4.76. The molecule has 0 saturated heterocycles. The second kappa shape index (κ2) is 7.82. The van der Waals surface area contributed by atoms with Crippen LogP contribution in [0.5, 0.6) is 0 Å². The average molecular weight is 329 g/mol. The van der Waals surface area contributed by atoms with Crippen LogP contribution in [-0.4, -0.2) is 31.1 Å². The van der Waals surface area contributed by atoms with E-state index < -0.39 is 0 Å².